The highest BCUT2D eigenvalue weighted by Crippen LogP contribution is 2.26. The summed E-state index contributed by atoms with van der Waals surface area (Å²) in [5.74, 6) is -0.0975. The highest BCUT2D eigenvalue weighted by molar-refractivity contribution is 7.91. The van der Waals surface area contributed by atoms with E-state index in [0.717, 1.165) is 43.4 Å². The zero-order chi connectivity index (χ0) is 15.5. The van der Waals surface area contributed by atoms with E-state index < -0.39 is 16.0 Å². The molecular formula is C13H20N2O4S2. The predicted octanol–water partition coefficient (Wildman–Crippen LogP) is 2.18. The Hall–Kier alpha value is -0.990. The van der Waals surface area contributed by atoms with E-state index in [2.05, 4.69) is 21.4 Å². The summed E-state index contributed by atoms with van der Waals surface area (Å²) in [4.78, 5) is 15.4. The number of carbonyl (C=O) groups excluding carboxylic acids is 1. The average Bonchev–Trinajstić information content (AvgIpc) is 2.86. The summed E-state index contributed by atoms with van der Waals surface area (Å²) in [6, 6.07) is -0.0763. The third-order valence-electron chi connectivity index (χ3n) is 3.74. The molecule has 1 saturated carbocycles. The number of methoxy groups -OCH3 is 1. The maximum atomic E-state index is 12.4. The van der Waals surface area contributed by atoms with Crippen LogP contribution < -0.4 is 4.72 Å². The number of esters is 1. The van der Waals surface area contributed by atoms with Crippen LogP contribution in [-0.4, -0.2) is 32.5 Å². The van der Waals surface area contributed by atoms with Crippen LogP contribution in [0.5, 0.6) is 0 Å². The fraction of sp³-hybridized carbons (Fsp3) is 0.692. The number of thiazole rings is 1. The molecule has 2 unspecified atom stereocenters. The minimum atomic E-state index is -3.73. The first-order chi connectivity index (χ1) is 9.94. The summed E-state index contributed by atoms with van der Waals surface area (Å²) in [5.41, 5.74) is 1.20. The lowest BCUT2D eigenvalue weighted by molar-refractivity contribution is 0.0590. The van der Waals surface area contributed by atoms with E-state index >= 15 is 0 Å². The van der Waals surface area contributed by atoms with E-state index in [1.807, 2.05) is 0 Å². The third kappa shape index (κ3) is 4.02. The van der Waals surface area contributed by atoms with Crippen LogP contribution in [0.4, 0.5) is 0 Å². The van der Waals surface area contributed by atoms with Crippen LogP contribution in [0.15, 0.2) is 9.72 Å². The number of nitrogens with zero attached hydrogens (tertiary/aromatic N) is 1. The molecule has 1 fully saturated rings. The van der Waals surface area contributed by atoms with Crippen molar-refractivity contribution in [2.24, 2.45) is 5.92 Å². The molecule has 0 spiro atoms. The van der Waals surface area contributed by atoms with Gasteiger partial charge >= 0.3 is 5.97 Å². The molecule has 0 amide bonds. The Labute approximate surface area is 129 Å². The molecule has 0 radical (unpaired) electrons. The Bertz CT molecular complexity index is 597. The topological polar surface area (TPSA) is 85.4 Å². The van der Waals surface area contributed by atoms with Gasteiger partial charge in [0, 0.05) is 6.04 Å². The van der Waals surface area contributed by atoms with Gasteiger partial charge in [0.2, 0.25) is 0 Å². The summed E-state index contributed by atoms with van der Waals surface area (Å²) < 4.78 is 32.1. The van der Waals surface area contributed by atoms with Gasteiger partial charge in [-0.2, -0.15) is 0 Å². The first kappa shape index (κ1) is 16.4. The van der Waals surface area contributed by atoms with Gasteiger partial charge < -0.3 is 4.74 Å². The molecule has 1 aromatic heterocycles. The summed E-state index contributed by atoms with van der Waals surface area (Å²) in [6.07, 6.45) is 4.82. The molecule has 0 aliphatic heterocycles. The van der Waals surface area contributed by atoms with Gasteiger partial charge in [-0.1, -0.05) is 19.8 Å². The lowest BCUT2D eigenvalue weighted by Gasteiger charge is -2.16. The SMILES string of the molecule is COC(=O)c1ncsc1S(=O)(=O)NC1CCCC(C)CC1. The van der Waals surface area contributed by atoms with Crippen molar-refractivity contribution in [2.75, 3.05) is 7.11 Å². The number of hydrogen-bond donors (Lipinski definition) is 1. The molecule has 1 aliphatic rings. The Morgan fingerprint density at radius 2 is 2.14 bits per heavy atom. The first-order valence-corrected chi connectivity index (χ1v) is 9.34. The van der Waals surface area contributed by atoms with Crippen LogP contribution >= 0.6 is 11.3 Å². The minimum Gasteiger partial charge on any atom is -0.464 e. The van der Waals surface area contributed by atoms with Crippen LogP contribution in [-0.2, 0) is 14.8 Å². The standard InChI is InChI=1S/C13H20N2O4S2/c1-9-4-3-5-10(7-6-9)15-21(17,18)13-11(12(16)19-2)14-8-20-13/h8-10,15H,3-7H2,1-2H3. The highest BCUT2D eigenvalue weighted by atomic mass is 32.2. The van der Waals surface area contributed by atoms with Crippen molar-refractivity contribution in [1.29, 1.82) is 0 Å². The van der Waals surface area contributed by atoms with Crippen molar-refractivity contribution in [3.63, 3.8) is 0 Å². The van der Waals surface area contributed by atoms with Crippen LogP contribution in [0.2, 0.25) is 0 Å². The van der Waals surface area contributed by atoms with E-state index in [9.17, 15) is 13.2 Å². The second-order valence-corrected chi connectivity index (χ2v) is 8.18. The highest BCUT2D eigenvalue weighted by Gasteiger charge is 2.29. The van der Waals surface area contributed by atoms with Crippen LogP contribution in [0.3, 0.4) is 0 Å². The van der Waals surface area contributed by atoms with E-state index in [4.69, 9.17) is 0 Å². The Morgan fingerprint density at radius 1 is 1.38 bits per heavy atom. The van der Waals surface area contributed by atoms with Crippen molar-refractivity contribution in [2.45, 2.75) is 49.3 Å². The fourth-order valence-corrected chi connectivity index (χ4v) is 4.99. The van der Waals surface area contributed by atoms with Gasteiger partial charge in [0.15, 0.2) is 9.90 Å². The normalized spacial score (nSPS) is 23.5. The van der Waals surface area contributed by atoms with Crippen LogP contribution in [0.1, 0.15) is 49.5 Å². The van der Waals surface area contributed by atoms with E-state index in [1.54, 1.807) is 0 Å². The molecule has 1 aliphatic carbocycles. The third-order valence-corrected chi connectivity index (χ3v) is 6.63. The van der Waals surface area contributed by atoms with Gasteiger partial charge in [-0.15, -0.1) is 11.3 Å². The van der Waals surface area contributed by atoms with Gasteiger partial charge in [-0.25, -0.2) is 22.9 Å². The zero-order valence-corrected chi connectivity index (χ0v) is 13.8. The minimum absolute atomic E-state index is 0.0633. The zero-order valence-electron chi connectivity index (χ0n) is 12.2. The molecule has 6 nitrogen and oxygen atoms in total. The molecule has 2 rings (SSSR count). The molecule has 1 heterocycles. The van der Waals surface area contributed by atoms with Gasteiger partial charge in [-0.3, -0.25) is 0 Å². The summed E-state index contributed by atoms with van der Waals surface area (Å²) in [7, 11) is -2.52. The summed E-state index contributed by atoms with van der Waals surface area (Å²) in [6.45, 7) is 2.19. The van der Waals surface area contributed by atoms with Crippen LogP contribution in [0, 0.1) is 5.92 Å². The number of sulfonamides is 1. The quantitative estimate of drug-likeness (QED) is 0.675. The maximum Gasteiger partial charge on any atom is 0.358 e. The molecule has 8 heteroatoms. The maximum absolute atomic E-state index is 12.4. The monoisotopic (exact) mass is 332 g/mol. The number of aromatic nitrogens is 1. The lowest BCUT2D eigenvalue weighted by atomic mass is 10.0. The second-order valence-electron chi connectivity index (χ2n) is 5.41. The van der Waals surface area contributed by atoms with Gasteiger partial charge in [0.25, 0.3) is 10.0 Å². The largest absolute Gasteiger partial charge is 0.464 e. The van der Waals surface area contributed by atoms with E-state index in [1.165, 1.54) is 12.6 Å². The van der Waals surface area contributed by atoms with Crippen molar-refractivity contribution >= 4 is 27.3 Å². The van der Waals surface area contributed by atoms with Gasteiger partial charge in [-0.05, 0) is 25.2 Å². The van der Waals surface area contributed by atoms with E-state index in [0.29, 0.717) is 5.92 Å². The Balaban J connectivity index is 2.15. The molecular weight excluding hydrogens is 312 g/mol. The van der Waals surface area contributed by atoms with E-state index in [-0.39, 0.29) is 15.9 Å². The lowest BCUT2D eigenvalue weighted by Crippen LogP contribution is -2.34. The molecule has 1 N–H and O–H groups in total. The fourth-order valence-electron chi connectivity index (χ4n) is 2.54. The molecule has 1 aromatic rings. The Kier molecular flexibility index (Phi) is 5.34. The summed E-state index contributed by atoms with van der Waals surface area (Å²) >= 11 is 0.932. The van der Waals surface area contributed by atoms with Crippen LogP contribution in [0.25, 0.3) is 0 Å². The van der Waals surface area contributed by atoms with Gasteiger partial charge in [0.1, 0.15) is 0 Å². The molecule has 118 valence electrons. The molecule has 0 bridgehead atoms. The molecule has 21 heavy (non-hydrogen) atoms. The first-order valence-electron chi connectivity index (χ1n) is 6.98. The number of carbonyl (C=O) groups is 1. The van der Waals surface area contributed by atoms with Crippen molar-refractivity contribution in [3.05, 3.63) is 11.2 Å². The number of ether oxygens (including phenoxy) is 1. The second kappa shape index (κ2) is 6.85. The predicted molar refractivity (Wildman–Crippen MR) is 79.8 cm³/mol. The van der Waals surface area contributed by atoms with Crippen molar-refractivity contribution in [1.82, 2.24) is 9.71 Å². The van der Waals surface area contributed by atoms with Crippen molar-refractivity contribution < 1.29 is 17.9 Å². The number of hydrogen-bond acceptors (Lipinski definition) is 6. The number of rotatable bonds is 4. The van der Waals surface area contributed by atoms with Gasteiger partial charge in [0.05, 0.1) is 12.6 Å². The molecule has 0 saturated heterocycles. The Morgan fingerprint density at radius 3 is 2.86 bits per heavy atom. The smallest absolute Gasteiger partial charge is 0.358 e. The van der Waals surface area contributed by atoms with Crippen molar-refractivity contribution in [3.8, 4) is 0 Å². The number of nitrogens with one attached hydrogen (secondary N) is 1. The molecule has 0 aromatic carbocycles. The molecule has 2 atom stereocenters. The average molecular weight is 332 g/mol. The summed E-state index contributed by atoms with van der Waals surface area (Å²) in [5, 5.41) is 0.